The summed E-state index contributed by atoms with van der Waals surface area (Å²) in [4.78, 5) is 0. The summed E-state index contributed by atoms with van der Waals surface area (Å²) < 4.78 is 74.2. The Morgan fingerprint density at radius 1 is 0.941 bits per heavy atom. The van der Waals surface area contributed by atoms with Crippen LogP contribution in [0.5, 0.6) is 0 Å². The Balaban J connectivity index is 3.46. The number of aliphatic hydroxyl groups excluding tert-OH is 1. The van der Waals surface area contributed by atoms with Crippen molar-refractivity contribution >= 4 is 5.69 Å². The van der Waals surface area contributed by atoms with Crippen LogP contribution in [-0.4, -0.2) is 5.11 Å². The molecule has 0 atom stereocenters. The average molecular weight is 259 g/mol. The van der Waals surface area contributed by atoms with E-state index in [9.17, 15) is 26.3 Å². The Kier molecular flexibility index (Phi) is 3.28. The molecule has 0 aromatic heterocycles. The van der Waals surface area contributed by atoms with Gasteiger partial charge in [-0.25, -0.2) is 0 Å². The van der Waals surface area contributed by atoms with Crippen LogP contribution in [0.2, 0.25) is 0 Å². The number of alkyl halides is 6. The highest BCUT2D eigenvalue weighted by molar-refractivity contribution is 5.54. The molecule has 1 rings (SSSR count). The Labute approximate surface area is 91.7 Å². The third-order valence-electron chi connectivity index (χ3n) is 2.06. The first kappa shape index (κ1) is 13.6. The zero-order chi connectivity index (χ0) is 13.4. The van der Waals surface area contributed by atoms with Crippen molar-refractivity contribution in [1.82, 2.24) is 0 Å². The Hall–Kier alpha value is -1.44. The molecule has 8 heteroatoms. The van der Waals surface area contributed by atoms with Gasteiger partial charge in [0.15, 0.2) is 0 Å². The summed E-state index contributed by atoms with van der Waals surface area (Å²) >= 11 is 0. The van der Waals surface area contributed by atoms with E-state index >= 15 is 0 Å². The normalized spacial score (nSPS) is 12.9. The topological polar surface area (TPSA) is 46.2 Å². The predicted molar refractivity (Wildman–Crippen MR) is 46.8 cm³/mol. The summed E-state index contributed by atoms with van der Waals surface area (Å²) in [6, 6.07) is 0.381. The number of nitrogens with two attached hydrogens (primary N) is 1. The van der Waals surface area contributed by atoms with Crippen LogP contribution in [0.1, 0.15) is 16.7 Å². The number of nitrogen functional groups attached to an aromatic ring is 1. The van der Waals surface area contributed by atoms with Gasteiger partial charge in [-0.05, 0) is 17.7 Å². The lowest BCUT2D eigenvalue weighted by Gasteiger charge is -2.16. The average Bonchev–Trinajstić information content (AvgIpc) is 2.14. The van der Waals surface area contributed by atoms with Crippen molar-refractivity contribution in [2.45, 2.75) is 19.0 Å². The van der Waals surface area contributed by atoms with Crippen LogP contribution >= 0.6 is 0 Å². The van der Waals surface area contributed by atoms with Crippen molar-refractivity contribution in [3.8, 4) is 0 Å². The number of hydrogen-bond acceptors (Lipinski definition) is 2. The van der Waals surface area contributed by atoms with Gasteiger partial charge in [-0.2, -0.15) is 26.3 Å². The van der Waals surface area contributed by atoms with Crippen LogP contribution in [0.4, 0.5) is 32.0 Å². The Morgan fingerprint density at radius 2 is 1.41 bits per heavy atom. The van der Waals surface area contributed by atoms with Gasteiger partial charge in [-0.3, -0.25) is 0 Å². The molecule has 2 nitrogen and oxygen atoms in total. The molecule has 0 saturated heterocycles. The third kappa shape index (κ3) is 2.82. The van der Waals surface area contributed by atoms with Gasteiger partial charge >= 0.3 is 12.4 Å². The molecule has 0 radical (unpaired) electrons. The monoisotopic (exact) mass is 259 g/mol. The van der Waals surface area contributed by atoms with Crippen molar-refractivity contribution in [2.75, 3.05) is 5.73 Å². The van der Waals surface area contributed by atoms with Crippen LogP contribution < -0.4 is 5.73 Å². The van der Waals surface area contributed by atoms with E-state index in [0.717, 1.165) is 0 Å². The Bertz CT molecular complexity index is 423. The first-order valence-corrected chi connectivity index (χ1v) is 4.25. The molecular weight excluding hydrogens is 252 g/mol. The van der Waals surface area contributed by atoms with Crippen LogP contribution in [0.3, 0.4) is 0 Å². The molecule has 1 aromatic rings. The predicted octanol–water partition coefficient (Wildman–Crippen LogP) is 2.80. The highest BCUT2D eigenvalue weighted by atomic mass is 19.4. The molecule has 0 aliphatic heterocycles. The Morgan fingerprint density at radius 3 is 1.76 bits per heavy atom. The number of anilines is 1. The van der Waals surface area contributed by atoms with Gasteiger partial charge in [-0.1, -0.05) is 0 Å². The van der Waals surface area contributed by atoms with Gasteiger partial charge < -0.3 is 10.8 Å². The molecule has 0 bridgehead atoms. The lowest BCUT2D eigenvalue weighted by molar-refractivity contribution is -0.141. The molecule has 0 aliphatic rings. The van der Waals surface area contributed by atoms with Crippen LogP contribution in [0, 0.1) is 0 Å². The van der Waals surface area contributed by atoms with Crippen LogP contribution in [0.25, 0.3) is 0 Å². The molecule has 1 aromatic carbocycles. The second-order valence-electron chi connectivity index (χ2n) is 3.25. The van der Waals surface area contributed by atoms with E-state index in [-0.39, 0.29) is 12.1 Å². The minimum absolute atomic E-state index is 0.175. The van der Waals surface area contributed by atoms with Crippen LogP contribution in [-0.2, 0) is 19.0 Å². The van der Waals surface area contributed by atoms with E-state index in [2.05, 4.69) is 0 Å². The molecule has 0 saturated carbocycles. The van der Waals surface area contributed by atoms with Gasteiger partial charge in [0.25, 0.3) is 0 Å². The molecule has 0 spiro atoms. The van der Waals surface area contributed by atoms with Crippen molar-refractivity contribution in [2.24, 2.45) is 0 Å². The number of halogens is 6. The largest absolute Gasteiger partial charge is 0.418 e. The fraction of sp³-hybridized carbons (Fsp3) is 0.333. The minimum atomic E-state index is -4.86. The summed E-state index contributed by atoms with van der Waals surface area (Å²) in [5.41, 5.74) is 0.274. The maximum Gasteiger partial charge on any atom is 0.418 e. The molecule has 0 fully saturated rings. The molecule has 0 amide bonds. The number of benzene rings is 1. The standard InChI is InChI=1S/C9H7F6NO/c10-8(11,12)5-2-7(16)6(9(13,14)15)1-4(5)3-17/h1-2,17H,3,16H2. The second-order valence-corrected chi connectivity index (χ2v) is 3.25. The highest BCUT2D eigenvalue weighted by Gasteiger charge is 2.38. The molecular formula is C9H7F6NO. The van der Waals surface area contributed by atoms with E-state index in [1.807, 2.05) is 0 Å². The number of aliphatic hydroxyl groups is 1. The van der Waals surface area contributed by atoms with Gasteiger partial charge in [0, 0.05) is 5.69 Å². The van der Waals surface area contributed by atoms with E-state index in [4.69, 9.17) is 10.8 Å². The summed E-state index contributed by atoms with van der Waals surface area (Å²) in [6.45, 7) is -1.15. The van der Waals surface area contributed by atoms with Crippen molar-refractivity contribution in [3.05, 3.63) is 28.8 Å². The molecule has 0 heterocycles. The van der Waals surface area contributed by atoms with Gasteiger partial charge in [0.2, 0.25) is 0 Å². The summed E-state index contributed by atoms with van der Waals surface area (Å²) in [6.07, 6.45) is -9.73. The van der Waals surface area contributed by atoms with Gasteiger partial charge in [-0.15, -0.1) is 0 Å². The van der Waals surface area contributed by atoms with E-state index in [1.54, 1.807) is 0 Å². The van der Waals surface area contributed by atoms with E-state index in [1.165, 1.54) is 0 Å². The maximum absolute atomic E-state index is 12.4. The van der Waals surface area contributed by atoms with Crippen molar-refractivity contribution < 1.29 is 31.4 Å². The second kappa shape index (κ2) is 4.10. The van der Waals surface area contributed by atoms with Gasteiger partial charge in [0.05, 0.1) is 17.7 Å². The zero-order valence-corrected chi connectivity index (χ0v) is 8.15. The third-order valence-corrected chi connectivity index (χ3v) is 2.06. The fourth-order valence-corrected chi connectivity index (χ4v) is 1.30. The molecule has 17 heavy (non-hydrogen) atoms. The SMILES string of the molecule is Nc1cc(C(F)(F)F)c(CO)cc1C(F)(F)F. The zero-order valence-electron chi connectivity index (χ0n) is 8.15. The first-order valence-electron chi connectivity index (χ1n) is 4.25. The number of rotatable bonds is 1. The lowest BCUT2D eigenvalue weighted by Crippen LogP contribution is -2.15. The van der Waals surface area contributed by atoms with E-state index in [0.29, 0.717) is 0 Å². The lowest BCUT2D eigenvalue weighted by atomic mass is 10.0. The smallest absolute Gasteiger partial charge is 0.398 e. The van der Waals surface area contributed by atoms with Crippen molar-refractivity contribution in [3.63, 3.8) is 0 Å². The summed E-state index contributed by atoms with van der Waals surface area (Å²) in [5.74, 6) is 0. The molecule has 96 valence electrons. The molecule has 3 N–H and O–H groups in total. The van der Waals surface area contributed by atoms with Crippen LogP contribution in [0.15, 0.2) is 12.1 Å². The van der Waals surface area contributed by atoms with Gasteiger partial charge in [0.1, 0.15) is 0 Å². The minimum Gasteiger partial charge on any atom is -0.398 e. The highest BCUT2D eigenvalue weighted by Crippen LogP contribution is 2.39. The molecule has 0 aliphatic carbocycles. The first-order chi connectivity index (χ1) is 7.57. The summed E-state index contributed by atoms with van der Waals surface area (Å²) in [5, 5.41) is 8.65. The van der Waals surface area contributed by atoms with E-state index < -0.39 is 41.3 Å². The number of hydrogen-bond donors (Lipinski definition) is 2. The maximum atomic E-state index is 12.4. The fourth-order valence-electron chi connectivity index (χ4n) is 1.30. The quantitative estimate of drug-likeness (QED) is 0.601. The van der Waals surface area contributed by atoms with Crippen molar-refractivity contribution in [1.29, 1.82) is 0 Å². The summed E-state index contributed by atoms with van der Waals surface area (Å²) in [7, 11) is 0. The molecule has 0 unspecified atom stereocenters.